The third-order valence-electron chi connectivity index (χ3n) is 3.38. The quantitative estimate of drug-likeness (QED) is 0.920. The molecule has 2 amide bonds. The number of halogens is 1. The van der Waals surface area contributed by atoms with Gasteiger partial charge in [0.15, 0.2) is 0 Å². The number of hydrogen-bond acceptors (Lipinski definition) is 2. The molecule has 1 heterocycles. The molecular formula is C15H19BrN2O2. The van der Waals surface area contributed by atoms with Gasteiger partial charge in [0.05, 0.1) is 6.54 Å². The highest BCUT2D eigenvalue weighted by Crippen LogP contribution is 2.15. The molecule has 2 rings (SSSR count). The van der Waals surface area contributed by atoms with Crippen LogP contribution in [0.2, 0.25) is 0 Å². The Hall–Kier alpha value is -1.36. The van der Waals surface area contributed by atoms with Crippen LogP contribution in [-0.2, 0) is 9.59 Å². The van der Waals surface area contributed by atoms with Gasteiger partial charge in [-0.3, -0.25) is 9.59 Å². The number of anilines is 1. The summed E-state index contributed by atoms with van der Waals surface area (Å²) in [6.07, 6.45) is 4.73. The number of likely N-dealkylation sites (tertiary alicyclic amines) is 1. The van der Waals surface area contributed by atoms with E-state index in [1.165, 1.54) is 0 Å². The second-order valence-corrected chi connectivity index (χ2v) is 5.95. The zero-order valence-corrected chi connectivity index (χ0v) is 13.0. The maximum atomic E-state index is 12.0. The van der Waals surface area contributed by atoms with Crippen molar-refractivity contribution in [3.63, 3.8) is 0 Å². The van der Waals surface area contributed by atoms with Gasteiger partial charge in [-0.2, -0.15) is 0 Å². The summed E-state index contributed by atoms with van der Waals surface area (Å²) in [7, 11) is 0. The number of amides is 2. The molecule has 0 saturated carbocycles. The molecule has 1 aliphatic heterocycles. The Bertz CT molecular complexity index is 473. The van der Waals surface area contributed by atoms with Gasteiger partial charge >= 0.3 is 0 Å². The van der Waals surface area contributed by atoms with E-state index in [1.54, 1.807) is 4.90 Å². The highest BCUT2D eigenvalue weighted by molar-refractivity contribution is 9.10. The van der Waals surface area contributed by atoms with E-state index in [0.29, 0.717) is 13.0 Å². The van der Waals surface area contributed by atoms with Crippen molar-refractivity contribution in [1.82, 2.24) is 4.90 Å². The molecule has 0 bridgehead atoms. The van der Waals surface area contributed by atoms with Gasteiger partial charge in [0.1, 0.15) is 0 Å². The molecule has 0 spiro atoms. The van der Waals surface area contributed by atoms with Crippen molar-refractivity contribution in [1.29, 1.82) is 0 Å². The molecule has 1 N–H and O–H groups in total. The van der Waals surface area contributed by atoms with Crippen molar-refractivity contribution in [2.75, 3.05) is 18.4 Å². The fourth-order valence-corrected chi connectivity index (χ4v) is 2.55. The summed E-state index contributed by atoms with van der Waals surface area (Å²) in [5.41, 5.74) is 0.748. The van der Waals surface area contributed by atoms with E-state index >= 15 is 0 Å². The number of nitrogens with zero attached hydrogens (tertiary/aromatic N) is 1. The lowest BCUT2D eigenvalue weighted by atomic mass is 10.1. The van der Waals surface area contributed by atoms with Crippen LogP contribution in [0, 0.1) is 0 Å². The Labute approximate surface area is 127 Å². The molecule has 108 valence electrons. The molecule has 1 aliphatic rings. The molecule has 4 nitrogen and oxygen atoms in total. The van der Waals surface area contributed by atoms with Crippen LogP contribution in [0.15, 0.2) is 28.7 Å². The predicted octanol–water partition coefficient (Wildman–Crippen LogP) is 3.18. The van der Waals surface area contributed by atoms with Crippen molar-refractivity contribution < 1.29 is 9.59 Å². The van der Waals surface area contributed by atoms with Gasteiger partial charge < -0.3 is 10.2 Å². The van der Waals surface area contributed by atoms with Gasteiger partial charge in [-0.15, -0.1) is 0 Å². The number of nitrogens with one attached hydrogen (secondary N) is 1. The van der Waals surface area contributed by atoms with Crippen molar-refractivity contribution in [3.8, 4) is 0 Å². The second-order valence-electron chi connectivity index (χ2n) is 5.03. The maximum Gasteiger partial charge on any atom is 0.243 e. The molecule has 0 radical (unpaired) electrons. The summed E-state index contributed by atoms with van der Waals surface area (Å²) in [6, 6.07) is 7.41. The van der Waals surface area contributed by atoms with Crippen LogP contribution < -0.4 is 5.32 Å². The lowest BCUT2D eigenvalue weighted by molar-refractivity contribution is -0.135. The summed E-state index contributed by atoms with van der Waals surface area (Å²) in [4.78, 5) is 25.6. The average molecular weight is 339 g/mol. The van der Waals surface area contributed by atoms with E-state index in [9.17, 15) is 9.59 Å². The van der Waals surface area contributed by atoms with E-state index < -0.39 is 0 Å². The fourth-order valence-electron chi connectivity index (χ4n) is 2.29. The third-order valence-corrected chi connectivity index (χ3v) is 3.91. The summed E-state index contributed by atoms with van der Waals surface area (Å²) < 4.78 is 0.967. The highest BCUT2D eigenvalue weighted by Gasteiger charge is 2.18. The van der Waals surface area contributed by atoms with E-state index in [1.807, 2.05) is 24.3 Å². The lowest BCUT2D eigenvalue weighted by Gasteiger charge is -2.24. The molecule has 1 fully saturated rings. The summed E-state index contributed by atoms with van der Waals surface area (Å²) >= 11 is 3.35. The third kappa shape index (κ3) is 4.63. The van der Waals surface area contributed by atoms with E-state index in [0.717, 1.165) is 35.8 Å². The average Bonchev–Trinajstić information content (AvgIpc) is 2.41. The Morgan fingerprint density at radius 1 is 1.15 bits per heavy atom. The Kier molecular flexibility index (Phi) is 5.59. The summed E-state index contributed by atoms with van der Waals surface area (Å²) in [6.45, 7) is 0.835. The minimum atomic E-state index is -0.138. The topological polar surface area (TPSA) is 49.4 Å². The van der Waals surface area contributed by atoms with E-state index in [4.69, 9.17) is 0 Å². The highest BCUT2D eigenvalue weighted by atomic mass is 79.9. The second kappa shape index (κ2) is 7.43. The summed E-state index contributed by atoms with van der Waals surface area (Å²) in [5.74, 6) is -0.0445. The zero-order chi connectivity index (χ0) is 14.4. The first-order valence-corrected chi connectivity index (χ1v) is 7.77. The number of rotatable bonds is 3. The SMILES string of the molecule is O=C(CN1CCCCCCC1=O)Nc1ccc(Br)cc1. The van der Waals surface area contributed by atoms with Crippen molar-refractivity contribution >= 4 is 33.4 Å². The molecule has 1 aromatic carbocycles. The van der Waals surface area contributed by atoms with Crippen molar-refractivity contribution in [2.45, 2.75) is 32.1 Å². The van der Waals surface area contributed by atoms with Gasteiger partial charge in [-0.1, -0.05) is 28.8 Å². The number of carbonyl (C=O) groups excluding carboxylic acids is 2. The molecule has 1 saturated heterocycles. The fraction of sp³-hybridized carbons (Fsp3) is 0.467. The monoisotopic (exact) mass is 338 g/mol. The van der Waals surface area contributed by atoms with E-state index in [2.05, 4.69) is 21.2 Å². The lowest BCUT2D eigenvalue weighted by Crippen LogP contribution is -2.39. The number of benzene rings is 1. The maximum absolute atomic E-state index is 12.0. The van der Waals surface area contributed by atoms with E-state index in [-0.39, 0.29) is 18.4 Å². The van der Waals surface area contributed by atoms with Gasteiger partial charge in [-0.25, -0.2) is 0 Å². The molecule has 1 aromatic rings. The molecule has 0 aromatic heterocycles. The zero-order valence-electron chi connectivity index (χ0n) is 11.4. The molecule has 20 heavy (non-hydrogen) atoms. The molecular weight excluding hydrogens is 320 g/mol. The number of carbonyl (C=O) groups is 2. The minimum absolute atomic E-state index is 0.0932. The Balaban J connectivity index is 1.89. The van der Waals surface area contributed by atoms with Gasteiger partial charge in [0.25, 0.3) is 0 Å². The first kappa shape index (κ1) is 15.0. The Morgan fingerprint density at radius 2 is 1.85 bits per heavy atom. The minimum Gasteiger partial charge on any atom is -0.333 e. The van der Waals surface area contributed by atoms with Crippen LogP contribution in [0.3, 0.4) is 0 Å². The van der Waals surface area contributed by atoms with Gasteiger partial charge in [-0.05, 0) is 37.1 Å². The van der Waals surface area contributed by atoms with Crippen molar-refractivity contribution in [2.24, 2.45) is 0 Å². The normalized spacial score (nSPS) is 16.4. The molecule has 5 heteroatoms. The first-order chi connectivity index (χ1) is 9.65. The predicted molar refractivity (Wildman–Crippen MR) is 82.4 cm³/mol. The smallest absolute Gasteiger partial charge is 0.243 e. The standard InChI is InChI=1S/C15H19BrN2O2/c16-12-6-8-13(9-7-12)17-14(19)11-18-10-4-2-1-3-5-15(18)20/h6-9H,1-5,10-11H2,(H,17,19). The molecule has 0 atom stereocenters. The van der Waals surface area contributed by atoms with Crippen LogP contribution >= 0.6 is 15.9 Å². The van der Waals surface area contributed by atoms with Crippen molar-refractivity contribution in [3.05, 3.63) is 28.7 Å². The Morgan fingerprint density at radius 3 is 2.60 bits per heavy atom. The molecule has 0 aliphatic carbocycles. The van der Waals surface area contributed by atoms with Crippen LogP contribution in [0.5, 0.6) is 0 Å². The number of hydrogen-bond donors (Lipinski definition) is 1. The van der Waals surface area contributed by atoms with Crippen LogP contribution in [-0.4, -0.2) is 29.8 Å². The van der Waals surface area contributed by atoms with Crippen LogP contribution in [0.4, 0.5) is 5.69 Å². The molecule has 0 unspecified atom stereocenters. The van der Waals surface area contributed by atoms with Gasteiger partial charge in [0, 0.05) is 23.1 Å². The summed E-state index contributed by atoms with van der Waals surface area (Å²) in [5, 5.41) is 2.82. The van der Waals surface area contributed by atoms with Crippen LogP contribution in [0.25, 0.3) is 0 Å². The largest absolute Gasteiger partial charge is 0.333 e. The van der Waals surface area contributed by atoms with Gasteiger partial charge in [0.2, 0.25) is 11.8 Å². The first-order valence-electron chi connectivity index (χ1n) is 6.98. The van der Waals surface area contributed by atoms with Crippen LogP contribution in [0.1, 0.15) is 32.1 Å².